The third-order valence-corrected chi connectivity index (χ3v) is 6.66. The quantitative estimate of drug-likeness (QED) is 0.643. The normalized spacial score (nSPS) is 26.4. The minimum absolute atomic E-state index is 0.136. The molecule has 4 nitrogen and oxygen atoms in total. The fourth-order valence-electron chi connectivity index (χ4n) is 4.80. The van der Waals surface area contributed by atoms with Crippen molar-refractivity contribution in [2.75, 3.05) is 0 Å². The van der Waals surface area contributed by atoms with E-state index in [4.69, 9.17) is 23.2 Å². The van der Waals surface area contributed by atoms with Gasteiger partial charge in [-0.1, -0.05) is 74.2 Å². The van der Waals surface area contributed by atoms with Crippen molar-refractivity contribution in [2.24, 2.45) is 5.92 Å². The minimum Gasteiger partial charge on any atom is -0.480 e. The fourth-order valence-corrected chi connectivity index (χ4v) is 5.13. The lowest BCUT2D eigenvalue weighted by Crippen LogP contribution is -2.46. The van der Waals surface area contributed by atoms with Crippen LogP contribution in [0.15, 0.2) is 48.5 Å². The van der Waals surface area contributed by atoms with Crippen molar-refractivity contribution in [3.63, 3.8) is 0 Å². The van der Waals surface area contributed by atoms with E-state index in [2.05, 4.69) is 25.2 Å². The number of aliphatic carboxylic acids is 1. The van der Waals surface area contributed by atoms with Gasteiger partial charge in [-0.15, -0.1) is 0 Å². The van der Waals surface area contributed by atoms with Gasteiger partial charge in [0.2, 0.25) is 0 Å². The van der Waals surface area contributed by atoms with Gasteiger partial charge in [0.25, 0.3) is 0 Å². The van der Waals surface area contributed by atoms with E-state index in [1.807, 2.05) is 18.2 Å². The summed E-state index contributed by atoms with van der Waals surface area (Å²) in [6.45, 7) is 4.14. The van der Waals surface area contributed by atoms with Gasteiger partial charge in [0.15, 0.2) is 0 Å². The van der Waals surface area contributed by atoms with Gasteiger partial charge in [-0.25, -0.2) is 0 Å². The second-order valence-corrected chi connectivity index (χ2v) is 8.43. The lowest BCUT2D eigenvalue weighted by atomic mass is 9.62. The van der Waals surface area contributed by atoms with Crippen molar-refractivity contribution in [3.05, 3.63) is 69.7 Å². The summed E-state index contributed by atoms with van der Waals surface area (Å²) in [5.41, 5.74) is 0.430. The van der Waals surface area contributed by atoms with E-state index in [-0.39, 0.29) is 12.0 Å². The molecular formula is C23H24Cl2N2O2. The molecule has 4 atom stereocenters. The summed E-state index contributed by atoms with van der Waals surface area (Å²) in [6, 6.07) is 15.7. The van der Waals surface area contributed by atoms with Crippen molar-refractivity contribution in [1.82, 2.24) is 5.32 Å². The molecule has 6 heteroatoms. The van der Waals surface area contributed by atoms with E-state index in [0.717, 1.165) is 24.0 Å². The number of nitrogens with one attached hydrogen (secondary N) is 1. The van der Waals surface area contributed by atoms with Crippen LogP contribution in [0, 0.1) is 17.2 Å². The number of nitrogens with zero attached hydrogens (tertiary/aromatic N) is 1. The van der Waals surface area contributed by atoms with E-state index >= 15 is 0 Å². The largest absolute Gasteiger partial charge is 0.480 e. The Morgan fingerprint density at radius 1 is 1.17 bits per heavy atom. The summed E-state index contributed by atoms with van der Waals surface area (Å²) < 4.78 is 0. The molecule has 0 unspecified atom stereocenters. The molecule has 2 aromatic carbocycles. The zero-order chi connectivity index (χ0) is 21.2. The Bertz CT molecular complexity index is 921. The zero-order valence-corrected chi connectivity index (χ0v) is 17.9. The molecule has 1 aliphatic rings. The molecule has 3 rings (SSSR count). The van der Waals surface area contributed by atoms with Crippen LogP contribution in [0.2, 0.25) is 10.0 Å². The van der Waals surface area contributed by atoms with Gasteiger partial charge in [0.1, 0.15) is 11.5 Å². The number of halogens is 2. The van der Waals surface area contributed by atoms with E-state index in [9.17, 15) is 15.2 Å². The second-order valence-electron chi connectivity index (χ2n) is 7.56. The highest BCUT2D eigenvalue weighted by Gasteiger charge is 2.60. The van der Waals surface area contributed by atoms with Gasteiger partial charge < -0.3 is 5.11 Å². The number of nitriles is 1. The number of benzene rings is 2. The monoisotopic (exact) mass is 430 g/mol. The molecule has 0 spiro atoms. The van der Waals surface area contributed by atoms with Crippen molar-refractivity contribution in [3.8, 4) is 6.07 Å². The minimum atomic E-state index is -1.07. The number of hydrogen-bond acceptors (Lipinski definition) is 3. The first-order chi connectivity index (χ1) is 13.9. The van der Waals surface area contributed by atoms with E-state index in [1.54, 1.807) is 30.3 Å². The number of hydrogen-bond donors (Lipinski definition) is 2. The summed E-state index contributed by atoms with van der Waals surface area (Å²) in [4.78, 5) is 12.3. The molecule has 2 aromatic rings. The Hall–Kier alpha value is -2.06. The molecule has 0 aliphatic carbocycles. The van der Waals surface area contributed by atoms with Crippen LogP contribution in [-0.4, -0.2) is 23.2 Å². The maximum Gasteiger partial charge on any atom is 0.321 e. The lowest BCUT2D eigenvalue weighted by Gasteiger charge is -2.38. The molecule has 0 radical (unpaired) electrons. The predicted molar refractivity (Wildman–Crippen MR) is 115 cm³/mol. The van der Waals surface area contributed by atoms with Gasteiger partial charge >= 0.3 is 5.97 Å². The standard InChI is InChI=1S/C23H24Cl2N2O2/c1-3-14(4-2)21-23(13-26,16-8-10-17(24)11-9-16)19(20(27-21)22(28)29)15-6-5-7-18(25)12-15/h5-12,14,19-21,27H,3-4H2,1-2H3,(H,28,29)/t19-,20+,21+,23+/m0/s1. The Labute approximate surface area is 181 Å². The molecule has 0 bridgehead atoms. The molecule has 1 saturated heterocycles. The molecule has 29 heavy (non-hydrogen) atoms. The van der Waals surface area contributed by atoms with Crippen LogP contribution in [-0.2, 0) is 10.2 Å². The lowest BCUT2D eigenvalue weighted by molar-refractivity contribution is -0.139. The first-order valence-electron chi connectivity index (χ1n) is 9.80. The molecule has 0 saturated carbocycles. The second kappa shape index (κ2) is 8.75. The number of carbonyl (C=O) groups is 1. The van der Waals surface area contributed by atoms with Crippen LogP contribution in [0.1, 0.15) is 43.7 Å². The van der Waals surface area contributed by atoms with Crippen LogP contribution in [0.5, 0.6) is 0 Å². The molecule has 0 amide bonds. The van der Waals surface area contributed by atoms with Crippen LogP contribution < -0.4 is 5.32 Å². The molecule has 1 fully saturated rings. The van der Waals surface area contributed by atoms with Crippen molar-refractivity contribution in [1.29, 1.82) is 5.26 Å². The maximum atomic E-state index is 12.3. The predicted octanol–water partition coefficient (Wildman–Crippen LogP) is 5.40. The van der Waals surface area contributed by atoms with Gasteiger partial charge in [0.05, 0.1) is 6.07 Å². The van der Waals surface area contributed by atoms with Crippen LogP contribution in [0.3, 0.4) is 0 Å². The fraction of sp³-hybridized carbons (Fsp3) is 0.391. The summed E-state index contributed by atoms with van der Waals surface area (Å²) in [6.07, 6.45) is 1.67. The maximum absolute atomic E-state index is 12.3. The Kier molecular flexibility index (Phi) is 6.53. The summed E-state index contributed by atoms with van der Waals surface area (Å²) >= 11 is 12.3. The van der Waals surface area contributed by atoms with Crippen molar-refractivity contribution < 1.29 is 9.90 Å². The van der Waals surface area contributed by atoms with E-state index in [0.29, 0.717) is 10.0 Å². The molecular weight excluding hydrogens is 407 g/mol. The first-order valence-corrected chi connectivity index (χ1v) is 10.6. The Balaban J connectivity index is 2.31. The summed E-state index contributed by atoms with van der Waals surface area (Å²) in [5, 5.41) is 25.1. The van der Waals surface area contributed by atoms with Gasteiger partial charge in [-0.3, -0.25) is 10.1 Å². The van der Waals surface area contributed by atoms with E-state index in [1.165, 1.54) is 0 Å². The van der Waals surface area contributed by atoms with Crippen molar-refractivity contribution >= 4 is 29.2 Å². The third kappa shape index (κ3) is 3.75. The Morgan fingerprint density at radius 2 is 1.83 bits per heavy atom. The molecule has 0 aromatic heterocycles. The van der Waals surface area contributed by atoms with Gasteiger partial charge in [0, 0.05) is 22.0 Å². The van der Waals surface area contributed by atoms with Crippen LogP contribution >= 0.6 is 23.2 Å². The van der Waals surface area contributed by atoms with Gasteiger partial charge in [-0.05, 0) is 41.3 Å². The van der Waals surface area contributed by atoms with Crippen LogP contribution in [0.25, 0.3) is 0 Å². The topological polar surface area (TPSA) is 73.1 Å². The first kappa shape index (κ1) is 21.6. The highest BCUT2D eigenvalue weighted by molar-refractivity contribution is 6.30. The highest BCUT2D eigenvalue weighted by Crippen LogP contribution is 2.51. The van der Waals surface area contributed by atoms with Crippen molar-refractivity contribution in [2.45, 2.75) is 50.1 Å². The molecule has 2 N–H and O–H groups in total. The van der Waals surface area contributed by atoms with E-state index < -0.39 is 23.3 Å². The molecule has 1 heterocycles. The van der Waals surface area contributed by atoms with Gasteiger partial charge in [-0.2, -0.15) is 5.26 Å². The van der Waals surface area contributed by atoms with Crippen LogP contribution in [0.4, 0.5) is 0 Å². The SMILES string of the molecule is CCC(CC)[C@H]1N[C@@H](C(=O)O)[C@H](c2cccc(Cl)c2)[C@@]1(C#N)c1ccc(Cl)cc1. The summed E-state index contributed by atoms with van der Waals surface area (Å²) in [7, 11) is 0. The number of rotatable bonds is 6. The number of carboxylic acid groups (broad SMARTS) is 1. The smallest absolute Gasteiger partial charge is 0.321 e. The third-order valence-electron chi connectivity index (χ3n) is 6.17. The highest BCUT2D eigenvalue weighted by atomic mass is 35.5. The zero-order valence-electron chi connectivity index (χ0n) is 16.4. The Morgan fingerprint density at radius 3 is 2.34 bits per heavy atom. The molecule has 152 valence electrons. The average molecular weight is 431 g/mol. The molecule has 1 aliphatic heterocycles. The number of carboxylic acids is 1. The summed E-state index contributed by atoms with van der Waals surface area (Å²) in [5.74, 6) is -1.44. The average Bonchev–Trinajstić information content (AvgIpc) is 3.06.